The Morgan fingerprint density at radius 1 is 1.22 bits per heavy atom. The molecule has 0 aliphatic carbocycles. The number of aromatic nitrogens is 3. The topological polar surface area (TPSA) is 80.0 Å². The lowest BCUT2D eigenvalue weighted by Gasteiger charge is -2.24. The van der Waals surface area contributed by atoms with E-state index in [1.54, 1.807) is 6.20 Å². The fraction of sp³-hybridized carbons (Fsp3) is 0.476. The number of nitrogens with one attached hydrogen (secondary N) is 1. The number of anilines is 2. The molecule has 3 N–H and O–H groups in total. The molecule has 144 valence electrons. The molecular formula is C21H30N6. The Kier molecular flexibility index (Phi) is 6.40. The van der Waals surface area contributed by atoms with Gasteiger partial charge in [0, 0.05) is 31.5 Å². The lowest BCUT2D eigenvalue weighted by Crippen LogP contribution is -2.26. The van der Waals surface area contributed by atoms with Gasteiger partial charge in [-0.1, -0.05) is 31.1 Å². The van der Waals surface area contributed by atoms with Crippen LogP contribution < -0.4 is 11.1 Å². The van der Waals surface area contributed by atoms with Crippen molar-refractivity contribution in [3.63, 3.8) is 0 Å². The Bertz CT molecular complexity index is 774. The van der Waals surface area contributed by atoms with E-state index in [9.17, 15) is 0 Å². The van der Waals surface area contributed by atoms with Crippen LogP contribution in [0.15, 0.2) is 30.1 Å². The SMILES string of the molecule is CCC[C@H](C)Nc1ncc(-c2ccc(C=C3CCN(C)CC3)cn2)c(N)n1. The minimum Gasteiger partial charge on any atom is -0.383 e. The highest BCUT2D eigenvalue weighted by Gasteiger charge is 2.11. The number of nitrogens with zero attached hydrogens (tertiary/aromatic N) is 4. The molecule has 0 unspecified atom stereocenters. The van der Waals surface area contributed by atoms with E-state index < -0.39 is 0 Å². The van der Waals surface area contributed by atoms with E-state index in [4.69, 9.17) is 5.73 Å². The smallest absolute Gasteiger partial charge is 0.224 e. The summed E-state index contributed by atoms with van der Waals surface area (Å²) in [4.78, 5) is 15.7. The second-order valence-electron chi connectivity index (χ2n) is 7.41. The fourth-order valence-corrected chi connectivity index (χ4v) is 3.32. The van der Waals surface area contributed by atoms with Gasteiger partial charge >= 0.3 is 0 Å². The van der Waals surface area contributed by atoms with Crippen LogP contribution in [-0.2, 0) is 0 Å². The van der Waals surface area contributed by atoms with Gasteiger partial charge in [0.1, 0.15) is 5.82 Å². The van der Waals surface area contributed by atoms with Gasteiger partial charge in [0.25, 0.3) is 0 Å². The molecule has 1 aliphatic heterocycles. The molecule has 3 heterocycles. The summed E-state index contributed by atoms with van der Waals surface area (Å²) in [5.41, 5.74) is 10.3. The van der Waals surface area contributed by atoms with E-state index in [1.807, 2.05) is 12.3 Å². The molecule has 2 aromatic heterocycles. The van der Waals surface area contributed by atoms with Crippen molar-refractivity contribution in [2.45, 2.75) is 45.6 Å². The van der Waals surface area contributed by atoms with Crippen LogP contribution in [0, 0.1) is 0 Å². The normalized spacial score (nSPS) is 16.2. The first kappa shape index (κ1) is 19.3. The van der Waals surface area contributed by atoms with Gasteiger partial charge in [0.2, 0.25) is 5.95 Å². The number of pyridine rings is 1. The Hall–Kier alpha value is -2.47. The van der Waals surface area contributed by atoms with Crippen LogP contribution in [0.25, 0.3) is 17.3 Å². The van der Waals surface area contributed by atoms with Gasteiger partial charge in [-0.3, -0.25) is 4.98 Å². The summed E-state index contributed by atoms with van der Waals surface area (Å²) >= 11 is 0. The van der Waals surface area contributed by atoms with Gasteiger partial charge < -0.3 is 16.0 Å². The van der Waals surface area contributed by atoms with Gasteiger partial charge in [-0.05, 0) is 44.9 Å². The average Bonchev–Trinajstić information content (AvgIpc) is 2.65. The van der Waals surface area contributed by atoms with Crippen LogP contribution in [0.2, 0.25) is 0 Å². The molecule has 0 radical (unpaired) electrons. The zero-order valence-corrected chi connectivity index (χ0v) is 16.6. The van der Waals surface area contributed by atoms with Gasteiger partial charge in [-0.2, -0.15) is 4.98 Å². The Morgan fingerprint density at radius 3 is 2.63 bits per heavy atom. The van der Waals surface area contributed by atoms with E-state index in [-0.39, 0.29) is 0 Å². The number of likely N-dealkylation sites (tertiary alicyclic amines) is 1. The van der Waals surface area contributed by atoms with Crippen molar-refractivity contribution in [2.24, 2.45) is 0 Å². The molecule has 0 saturated carbocycles. The third-order valence-electron chi connectivity index (χ3n) is 4.98. The van der Waals surface area contributed by atoms with Crippen LogP contribution in [0.1, 0.15) is 45.1 Å². The molecule has 6 nitrogen and oxygen atoms in total. The van der Waals surface area contributed by atoms with Crippen molar-refractivity contribution >= 4 is 17.8 Å². The monoisotopic (exact) mass is 366 g/mol. The van der Waals surface area contributed by atoms with Gasteiger partial charge in [-0.25, -0.2) is 4.98 Å². The van der Waals surface area contributed by atoms with E-state index in [2.05, 4.69) is 58.2 Å². The van der Waals surface area contributed by atoms with Gasteiger partial charge in [0.15, 0.2) is 0 Å². The number of nitrogens with two attached hydrogens (primary N) is 1. The standard InChI is InChI=1S/C21H30N6/c1-4-5-15(2)25-21-24-14-18(20(22)26-21)19-7-6-17(13-23-19)12-16-8-10-27(3)11-9-16/h6-7,12-15H,4-5,8-11H2,1-3H3,(H3,22,24,25,26)/t15-/m0/s1. The Labute approximate surface area is 161 Å². The Balaban J connectivity index is 1.70. The predicted octanol–water partition coefficient (Wildman–Crippen LogP) is 3.83. The van der Waals surface area contributed by atoms with E-state index in [0.717, 1.165) is 55.6 Å². The van der Waals surface area contributed by atoms with Crippen molar-refractivity contribution in [1.29, 1.82) is 0 Å². The summed E-state index contributed by atoms with van der Waals surface area (Å²) in [6, 6.07) is 4.40. The molecule has 0 spiro atoms. The summed E-state index contributed by atoms with van der Waals surface area (Å²) in [5, 5.41) is 3.29. The zero-order chi connectivity index (χ0) is 19.2. The maximum absolute atomic E-state index is 6.16. The van der Waals surface area contributed by atoms with Crippen molar-refractivity contribution in [2.75, 3.05) is 31.2 Å². The van der Waals surface area contributed by atoms with E-state index >= 15 is 0 Å². The lowest BCUT2D eigenvalue weighted by atomic mass is 10.0. The fourth-order valence-electron chi connectivity index (χ4n) is 3.32. The third-order valence-corrected chi connectivity index (χ3v) is 4.98. The van der Waals surface area contributed by atoms with Gasteiger partial charge in [-0.15, -0.1) is 0 Å². The third kappa shape index (κ3) is 5.26. The van der Waals surface area contributed by atoms with Crippen LogP contribution in [0.5, 0.6) is 0 Å². The average molecular weight is 367 g/mol. The van der Waals surface area contributed by atoms with Crippen LogP contribution in [0.3, 0.4) is 0 Å². The molecule has 0 amide bonds. The van der Waals surface area contributed by atoms with Crippen LogP contribution >= 0.6 is 0 Å². The largest absolute Gasteiger partial charge is 0.383 e. The molecule has 2 aromatic rings. The number of hydrogen-bond acceptors (Lipinski definition) is 6. The number of hydrogen-bond donors (Lipinski definition) is 2. The summed E-state index contributed by atoms with van der Waals surface area (Å²) in [7, 11) is 2.17. The minimum atomic E-state index is 0.324. The van der Waals surface area contributed by atoms with Crippen LogP contribution in [0.4, 0.5) is 11.8 Å². The molecular weight excluding hydrogens is 336 g/mol. The lowest BCUT2D eigenvalue weighted by molar-refractivity contribution is 0.313. The number of nitrogen functional groups attached to an aromatic ring is 1. The summed E-state index contributed by atoms with van der Waals surface area (Å²) < 4.78 is 0. The molecule has 1 saturated heterocycles. The molecule has 6 heteroatoms. The van der Waals surface area contributed by atoms with E-state index in [0.29, 0.717) is 17.8 Å². The second-order valence-corrected chi connectivity index (χ2v) is 7.41. The summed E-state index contributed by atoms with van der Waals surface area (Å²) in [6.45, 7) is 6.54. The maximum atomic E-state index is 6.16. The van der Waals surface area contributed by atoms with Crippen molar-refractivity contribution in [3.8, 4) is 11.3 Å². The molecule has 0 bridgehead atoms. The molecule has 0 aromatic carbocycles. The summed E-state index contributed by atoms with van der Waals surface area (Å²) in [6.07, 6.45) is 10.3. The maximum Gasteiger partial charge on any atom is 0.224 e. The molecule has 1 aliphatic rings. The minimum absolute atomic E-state index is 0.324. The van der Waals surface area contributed by atoms with Crippen molar-refractivity contribution < 1.29 is 0 Å². The number of piperidine rings is 1. The van der Waals surface area contributed by atoms with Crippen molar-refractivity contribution in [1.82, 2.24) is 19.9 Å². The van der Waals surface area contributed by atoms with Crippen LogP contribution in [-0.4, -0.2) is 46.0 Å². The summed E-state index contributed by atoms with van der Waals surface area (Å²) in [5.74, 6) is 1.02. The highest BCUT2D eigenvalue weighted by atomic mass is 15.1. The first-order chi connectivity index (χ1) is 13.0. The molecule has 27 heavy (non-hydrogen) atoms. The highest BCUT2D eigenvalue weighted by Crippen LogP contribution is 2.24. The van der Waals surface area contributed by atoms with Gasteiger partial charge in [0.05, 0.1) is 11.3 Å². The molecule has 1 fully saturated rings. The predicted molar refractivity (Wildman–Crippen MR) is 112 cm³/mol. The first-order valence-corrected chi connectivity index (χ1v) is 9.78. The molecule has 1 atom stereocenters. The quantitative estimate of drug-likeness (QED) is 0.809. The zero-order valence-electron chi connectivity index (χ0n) is 16.6. The van der Waals surface area contributed by atoms with E-state index in [1.165, 1.54) is 5.57 Å². The van der Waals surface area contributed by atoms with Crippen molar-refractivity contribution in [3.05, 3.63) is 35.7 Å². The first-order valence-electron chi connectivity index (χ1n) is 9.78. The number of rotatable bonds is 6. The highest BCUT2D eigenvalue weighted by molar-refractivity contribution is 5.71. The second kappa shape index (κ2) is 8.95. The molecule has 3 rings (SSSR count). The Morgan fingerprint density at radius 2 is 2.00 bits per heavy atom.